The molecule has 0 N–H and O–H groups in total. The van der Waals surface area contributed by atoms with Crippen molar-refractivity contribution >= 4 is 42.3 Å². The maximum Gasteiger partial charge on any atom is 0.101 e. The molecular formula is C31H30N2S. The van der Waals surface area contributed by atoms with Crippen molar-refractivity contribution in [1.29, 1.82) is 5.26 Å². The first-order chi connectivity index (χ1) is 16.0. The molecule has 170 valence electrons. The Labute approximate surface area is 205 Å². The first kappa shape index (κ1) is 22.6. The van der Waals surface area contributed by atoms with Gasteiger partial charge in [-0.15, -0.1) is 11.3 Å². The molecule has 0 fully saturated rings. The molecule has 0 atom stereocenters. The molecule has 5 rings (SSSR count). The number of rotatable bonds is 2. The van der Waals surface area contributed by atoms with Gasteiger partial charge in [-0.25, -0.2) is 0 Å². The first-order valence-electron chi connectivity index (χ1n) is 11.8. The van der Waals surface area contributed by atoms with Crippen molar-refractivity contribution in [1.82, 2.24) is 4.98 Å². The zero-order chi connectivity index (χ0) is 24.3. The molecule has 2 heterocycles. The average Bonchev–Trinajstić information content (AvgIpc) is 3.14. The molecule has 0 aliphatic heterocycles. The number of aromatic nitrogens is 1. The van der Waals surface area contributed by atoms with E-state index in [1.54, 1.807) is 17.5 Å². The van der Waals surface area contributed by atoms with Gasteiger partial charge in [0.25, 0.3) is 0 Å². The van der Waals surface area contributed by atoms with Gasteiger partial charge in [0.1, 0.15) is 6.07 Å². The zero-order valence-electron chi connectivity index (χ0n) is 20.8. The minimum Gasteiger partial charge on any atom is -0.253 e. The molecule has 0 radical (unpaired) electrons. The highest BCUT2D eigenvalue weighted by atomic mass is 32.1. The van der Waals surface area contributed by atoms with Crippen molar-refractivity contribution in [3.8, 4) is 17.3 Å². The summed E-state index contributed by atoms with van der Waals surface area (Å²) in [7, 11) is 0. The maximum absolute atomic E-state index is 9.89. The Balaban J connectivity index is 1.80. The van der Waals surface area contributed by atoms with Crippen LogP contribution in [0.5, 0.6) is 0 Å². The van der Waals surface area contributed by atoms with Crippen molar-refractivity contribution < 1.29 is 0 Å². The van der Waals surface area contributed by atoms with Gasteiger partial charge in [0, 0.05) is 27.2 Å². The van der Waals surface area contributed by atoms with Crippen LogP contribution in [0.2, 0.25) is 0 Å². The van der Waals surface area contributed by atoms with Crippen molar-refractivity contribution in [3.63, 3.8) is 0 Å². The first-order valence-corrected chi connectivity index (χ1v) is 12.6. The van der Waals surface area contributed by atoms with Crippen LogP contribution in [-0.4, -0.2) is 4.98 Å². The number of nitriles is 1. The van der Waals surface area contributed by atoms with Gasteiger partial charge in [-0.1, -0.05) is 77.9 Å². The molecule has 0 bridgehead atoms. The van der Waals surface area contributed by atoms with Gasteiger partial charge in [0.2, 0.25) is 0 Å². The lowest BCUT2D eigenvalue weighted by Gasteiger charge is -2.22. The quantitative estimate of drug-likeness (QED) is 0.262. The highest BCUT2D eigenvalue weighted by Crippen LogP contribution is 2.43. The molecule has 0 unspecified atom stereocenters. The lowest BCUT2D eigenvalue weighted by atomic mass is 9.82. The van der Waals surface area contributed by atoms with Crippen molar-refractivity contribution in [2.75, 3.05) is 0 Å². The third-order valence-electron chi connectivity index (χ3n) is 6.36. The summed E-state index contributed by atoms with van der Waals surface area (Å²) in [4.78, 5) is 4.84. The van der Waals surface area contributed by atoms with Crippen LogP contribution in [0.4, 0.5) is 0 Å². The van der Waals surface area contributed by atoms with Crippen molar-refractivity contribution in [3.05, 3.63) is 77.5 Å². The smallest absolute Gasteiger partial charge is 0.101 e. The van der Waals surface area contributed by atoms with Crippen LogP contribution in [0.15, 0.2) is 60.8 Å². The summed E-state index contributed by atoms with van der Waals surface area (Å²) in [6.45, 7) is 13.6. The number of nitrogens with zero attached hydrogens (tertiary/aromatic N) is 2. The number of pyridine rings is 1. The number of benzene rings is 3. The number of fused-ring (bicyclic) bond motifs is 4. The van der Waals surface area contributed by atoms with Crippen LogP contribution in [0.1, 0.15) is 58.2 Å². The second-order valence-electron chi connectivity index (χ2n) is 11.5. The molecule has 2 nitrogen and oxygen atoms in total. The van der Waals surface area contributed by atoms with Crippen LogP contribution in [-0.2, 0) is 11.8 Å². The largest absolute Gasteiger partial charge is 0.253 e. The molecule has 0 saturated carbocycles. The van der Waals surface area contributed by atoms with Gasteiger partial charge < -0.3 is 0 Å². The normalized spacial score (nSPS) is 12.5. The highest BCUT2D eigenvalue weighted by molar-refractivity contribution is 7.26. The van der Waals surface area contributed by atoms with E-state index in [9.17, 15) is 5.26 Å². The molecule has 0 saturated heterocycles. The maximum atomic E-state index is 9.89. The number of hydrogen-bond donors (Lipinski definition) is 0. The van der Waals surface area contributed by atoms with Gasteiger partial charge >= 0.3 is 0 Å². The number of hydrogen-bond acceptors (Lipinski definition) is 3. The standard InChI is InChI=1S/C31H30N2S/c1-30(2,3)16-19-11-12-24-26(13-19)34-29-27(24)22(17-32)18-33-28(29)21-14-20-9-7-8-10-23(20)25(15-21)31(4,5)6/h7-15,18H,16H2,1-6H3. The summed E-state index contributed by atoms with van der Waals surface area (Å²) in [5, 5.41) is 14.6. The van der Waals surface area contributed by atoms with Gasteiger partial charge in [-0.05, 0) is 57.3 Å². The van der Waals surface area contributed by atoms with Crippen LogP contribution in [0.3, 0.4) is 0 Å². The topological polar surface area (TPSA) is 36.7 Å². The summed E-state index contributed by atoms with van der Waals surface area (Å²) < 4.78 is 2.32. The van der Waals surface area contributed by atoms with E-state index < -0.39 is 0 Å². The second-order valence-corrected chi connectivity index (χ2v) is 12.6. The Hall–Kier alpha value is -3.22. The fourth-order valence-electron chi connectivity index (χ4n) is 4.91. The van der Waals surface area contributed by atoms with E-state index in [0.717, 1.165) is 33.2 Å². The lowest BCUT2D eigenvalue weighted by Crippen LogP contribution is -2.12. The van der Waals surface area contributed by atoms with E-state index in [0.29, 0.717) is 5.56 Å². The predicted octanol–water partition coefficient (Wildman–Crippen LogP) is 9.03. The molecule has 3 aromatic carbocycles. The van der Waals surface area contributed by atoms with Gasteiger partial charge in [0.15, 0.2) is 0 Å². The molecule has 0 aliphatic carbocycles. The Kier molecular flexibility index (Phi) is 5.26. The highest BCUT2D eigenvalue weighted by Gasteiger charge is 2.21. The second kappa shape index (κ2) is 7.93. The number of thiophene rings is 1. The average molecular weight is 463 g/mol. The molecule has 0 spiro atoms. The SMILES string of the molecule is CC(C)(C)Cc1ccc2c(c1)sc1c(-c3cc(C(C)(C)C)c4ccccc4c3)ncc(C#N)c12. The molecule has 5 aromatic rings. The van der Waals surface area contributed by atoms with E-state index in [-0.39, 0.29) is 10.8 Å². The van der Waals surface area contributed by atoms with Crippen molar-refractivity contribution in [2.24, 2.45) is 5.41 Å². The minimum absolute atomic E-state index is 0.00332. The van der Waals surface area contributed by atoms with Gasteiger partial charge in [0.05, 0.1) is 16.0 Å². The zero-order valence-corrected chi connectivity index (χ0v) is 21.6. The summed E-state index contributed by atoms with van der Waals surface area (Å²) in [6, 6.07) is 22.2. The summed E-state index contributed by atoms with van der Waals surface area (Å²) >= 11 is 1.76. The van der Waals surface area contributed by atoms with Crippen LogP contribution in [0.25, 0.3) is 42.2 Å². The van der Waals surface area contributed by atoms with Gasteiger partial charge in [-0.2, -0.15) is 5.26 Å². The van der Waals surface area contributed by atoms with Crippen LogP contribution in [0, 0.1) is 16.7 Å². The van der Waals surface area contributed by atoms with Crippen LogP contribution < -0.4 is 0 Å². The fourth-order valence-corrected chi connectivity index (χ4v) is 6.21. The Morgan fingerprint density at radius 3 is 2.38 bits per heavy atom. The van der Waals surface area contributed by atoms with E-state index in [1.807, 2.05) is 0 Å². The van der Waals surface area contributed by atoms with Gasteiger partial charge in [-0.3, -0.25) is 4.98 Å². The molecule has 34 heavy (non-hydrogen) atoms. The monoisotopic (exact) mass is 462 g/mol. The predicted molar refractivity (Wildman–Crippen MR) is 147 cm³/mol. The summed E-state index contributed by atoms with van der Waals surface area (Å²) in [5.74, 6) is 0. The Bertz CT molecular complexity index is 1600. The van der Waals surface area contributed by atoms with E-state index in [1.165, 1.54) is 26.6 Å². The molecule has 2 aromatic heterocycles. The Morgan fingerprint density at radius 1 is 0.912 bits per heavy atom. The molecule has 3 heteroatoms. The minimum atomic E-state index is 0.00332. The third kappa shape index (κ3) is 3.97. The van der Waals surface area contributed by atoms with E-state index in [4.69, 9.17) is 4.98 Å². The van der Waals surface area contributed by atoms with E-state index >= 15 is 0 Å². The summed E-state index contributed by atoms with van der Waals surface area (Å²) in [6.07, 6.45) is 2.77. The van der Waals surface area contributed by atoms with Crippen molar-refractivity contribution in [2.45, 2.75) is 53.4 Å². The molecule has 0 aliphatic rings. The summed E-state index contributed by atoms with van der Waals surface area (Å²) in [5.41, 5.74) is 5.59. The fraction of sp³-hybridized carbons (Fsp3) is 0.290. The third-order valence-corrected chi connectivity index (χ3v) is 7.52. The van der Waals surface area contributed by atoms with E-state index in [2.05, 4.69) is 102 Å². The lowest BCUT2D eigenvalue weighted by molar-refractivity contribution is 0.411. The van der Waals surface area contributed by atoms with Crippen LogP contribution >= 0.6 is 11.3 Å². The molecule has 0 amide bonds. The Morgan fingerprint density at radius 2 is 1.68 bits per heavy atom. The molecular weight excluding hydrogens is 432 g/mol.